The van der Waals surface area contributed by atoms with Gasteiger partial charge in [-0.15, -0.1) is 0 Å². The maximum absolute atomic E-state index is 13.6. The molecule has 0 spiro atoms. The summed E-state index contributed by atoms with van der Waals surface area (Å²) >= 11 is 0. The zero-order valence-electron chi connectivity index (χ0n) is 52.8. The Morgan fingerprint density at radius 3 is 1.19 bits per heavy atom. The van der Waals surface area contributed by atoms with Gasteiger partial charge in [0.05, 0.1) is 33.8 Å². The van der Waals surface area contributed by atoms with Crippen molar-refractivity contribution >= 4 is 19.7 Å². The van der Waals surface area contributed by atoms with Crippen LogP contribution in [0.3, 0.4) is 0 Å². The Bertz CT molecular complexity index is 1540. The molecular formula is C69H129N2O7P. The molecule has 462 valence electrons. The van der Waals surface area contributed by atoms with E-state index >= 15 is 0 Å². The number of hydrogen-bond donors (Lipinski definition) is 1. The second-order valence-electron chi connectivity index (χ2n) is 24.0. The first-order chi connectivity index (χ1) is 38.4. The van der Waals surface area contributed by atoms with Crippen molar-refractivity contribution in [3.05, 3.63) is 60.8 Å². The number of carbonyl (C=O) groups excluding carboxylic acids is 2. The molecule has 0 radical (unpaired) electrons. The predicted octanol–water partition coefficient (Wildman–Crippen LogP) is 20.4. The molecule has 79 heavy (non-hydrogen) atoms. The number of quaternary nitrogens is 1. The van der Waals surface area contributed by atoms with Gasteiger partial charge >= 0.3 is 5.97 Å². The van der Waals surface area contributed by atoms with E-state index in [0.717, 1.165) is 77.0 Å². The first-order valence-corrected chi connectivity index (χ1v) is 35.1. The molecular weight excluding hydrogens is 1000 g/mol. The lowest BCUT2D eigenvalue weighted by Gasteiger charge is -2.30. The Morgan fingerprint density at radius 2 is 0.772 bits per heavy atom. The smallest absolute Gasteiger partial charge is 0.306 e. The molecule has 10 heteroatoms. The van der Waals surface area contributed by atoms with Crippen LogP contribution in [0.5, 0.6) is 0 Å². The second kappa shape index (κ2) is 58.9. The molecule has 0 aliphatic rings. The average molecular weight is 1130 g/mol. The number of rotatable bonds is 61. The molecule has 0 aromatic carbocycles. The normalized spacial score (nSPS) is 14.0. The molecule has 0 fully saturated rings. The minimum absolute atomic E-state index is 0.0273. The Labute approximate surface area is 490 Å². The quantitative estimate of drug-likeness (QED) is 0.0212. The summed E-state index contributed by atoms with van der Waals surface area (Å²) in [5, 5.41) is 3.03. The zero-order chi connectivity index (χ0) is 57.9. The molecule has 0 saturated carbocycles. The van der Waals surface area contributed by atoms with Gasteiger partial charge < -0.3 is 28.5 Å². The topological polar surface area (TPSA) is 114 Å². The van der Waals surface area contributed by atoms with E-state index in [2.05, 4.69) is 74.7 Å². The number of unbranched alkanes of at least 4 members (excludes halogenated alkanes) is 37. The summed E-state index contributed by atoms with van der Waals surface area (Å²) < 4.78 is 30.4. The predicted molar refractivity (Wildman–Crippen MR) is 339 cm³/mol. The fraction of sp³-hybridized carbons (Fsp3) is 0.826. The number of amides is 1. The van der Waals surface area contributed by atoms with Crippen molar-refractivity contribution in [1.82, 2.24) is 5.32 Å². The monoisotopic (exact) mass is 1130 g/mol. The van der Waals surface area contributed by atoms with Crippen molar-refractivity contribution in [3.63, 3.8) is 0 Å². The van der Waals surface area contributed by atoms with Gasteiger partial charge in [0.25, 0.3) is 7.82 Å². The fourth-order valence-electron chi connectivity index (χ4n) is 9.74. The minimum Gasteiger partial charge on any atom is -0.756 e. The number of nitrogens with zero attached hydrogens (tertiary/aromatic N) is 1. The number of phosphoric ester groups is 1. The summed E-state index contributed by atoms with van der Waals surface area (Å²) in [4.78, 5) is 40.1. The number of ether oxygens (including phenoxy) is 1. The molecule has 0 aliphatic carbocycles. The molecule has 9 nitrogen and oxygen atoms in total. The fourth-order valence-corrected chi connectivity index (χ4v) is 10.5. The van der Waals surface area contributed by atoms with Crippen molar-refractivity contribution in [2.24, 2.45) is 0 Å². The molecule has 1 N–H and O–H groups in total. The van der Waals surface area contributed by atoms with Crippen LogP contribution in [-0.4, -0.2) is 69.4 Å². The molecule has 0 aromatic heterocycles. The van der Waals surface area contributed by atoms with E-state index in [-0.39, 0.29) is 24.9 Å². The lowest BCUT2D eigenvalue weighted by molar-refractivity contribution is -0.870. The highest BCUT2D eigenvalue weighted by Crippen LogP contribution is 2.38. The van der Waals surface area contributed by atoms with Crippen LogP contribution in [0.4, 0.5) is 0 Å². The summed E-state index contributed by atoms with van der Waals surface area (Å²) in [5.74, 6) is -0.565. The van der Waals surface area contributed by atoms with Crippen LogP contribution in [0.2, 0.25) is 0 Å². The average Bonchev–Trinajstić information content (AvgIpc) is 3.41. The van der Waals surface area contributed by atoms with Crippen molar-refractivity contribution in [2.75, 3.05) is 40.9 Å². The van der Waals surface area contributed by atoms with E-state index in [1.54, 1.807) is 0 Å². The number of hydrogen-bond acceptors (Lipinski definition) is 7. The zero-order valence-corrected chi connectivity index (χ0v) is 53.7. The Balaban J connectivity index is 5.23. The Morgan fingerprint density at radius 1 is 0.443 bits per heavy atom. The van der Waals surface area contributed by atoms with Crippen LogP contribution < -0.4 is 10.2 Å². The molecule has 0 saturated heterocycles. The number of esters is 1. The molecule has 0 aliphatic heterocycles. The molecule has 3 unspecified atom stereocenters. The largest absolute Gasteiger partial charge is 0.756 e. The van der Waals surface area contributed by atoms with Crippen LogP contribution in [-0.2, 0) is 27.9 Å². The van der Waals surface area contributed by atoms with Gasteiger partial charge in [-0.05, 0) is 76.7 Å². The summed E-state index contributed by atoms with van der Waals surface area (Å²) in [6, 6.07) is -0.901. The number of likely N-dealkylation sites (N-methyl/N-ethyl adjacent to an activating group) is 1. The molecule has 0 rings (SSSR count). The van der Waals surface area contributed by atoms with Crippen LogP contribution in [0, 0.1) is 0 Å². The van der Waals surface area contributed by atoms with Gasteiger partial charge in [0.1, 0.15) is 19.3 Å². The lowest BCUT2D eigenvalue weighted by Crippen LogP contribution is -2.47. The van der Waals surface area contributed by atoms with E-state index in [9.17, 15) is 19.0 Å². The van der Waals surface area contributed by atoms with E-state index in [0.29, 0.717) is 23.9 Å². The summed E-state index contributed by atoms with van der Waals surface area (Å²) in [7, 11) is 1.17. The van der Waals surface area contributed by atoms with Crippen molar-refractivity contribution in [2.45, 2.75) is 328 Å². The molecule has 1 amide bonds. The molecule has 0 bridgehead atoms. The van der Waals surface area contributed by atoms with Crippen LogP contribution >= 0.6 is 7.82 Å². The third-order valence-corrected chi connectivity index (χ3v) is 15.9. The minimum atomic E-state index is -4.71. The third-order valence-electron chi connectivity index (χ3n) is 15.0. The van der Waals surface area contributed by atoms with Crippen molar-refractivity contribution in [1.29, 1.82) is 0 Å². The van der Waals surface area contributed by atoms with Gasteiger partial charge in [-0.3, -0.25) is 14.2 Å². The number of carbonyl (C=O) groups is 2. The number of phosphoric acid groups is 1. The van der Waals surface area contributed by atoms with E-state index in [4.69, 9.17) is 13.8 Å². The highest BCUT2D eigenvalue weighted by Gasteiger charge is 2.27. The van der Waals surface area contributed by atoms with Crippen LogP contribution in [0.15, 0.2) is 60.8 Å². The number of allylic oxidation sites excluding steroid dienone is 9. The van der Waals surface area contributed by atoms with Gasteiger partial charge in [-0.1, -0.05) is 287 Å². The molecule has 0 heterocycles. The van der Waals surface area contributed by atoms with Crippen molar-refractivity contribution in [3.8, 4) is 0 Å². The maximum atomic E-state index is 13.6. The van der Waals surface area contributed by atoms with Gasteiger partial charge in [0.15, 0.2) is 0 Å². The standard InChI is InChI=1S/C69H129N2O7P/c1-7-10-13-16-19-22-25-28-30-32-34-35-37-38-40-43-46-49-52-55-58-61-68(72)70-66(65-77-79(74,75)76-64-63-71(4,5)6)67(60-57-54-51-48-45-42-27-24-21-18-15-12-9-3)78-69(73)62-59-56-53-50-47-44-41-39-36-33-31-29-26-23-20-17-14-11-8-2/h20,23,29,31,36,39,44,47,57,60,66-67H,7-19,21-22,24-28,30,32-35,37-38,40-43,45-46,48-56,58-59,61-65H2,1-6H3,(H-,70,72,74,75)/b23-20-,31-29-,39-36-,47-44-,60-57+. The Kier molecular flexibility index (Phi) is 57.2. The van der Waals surface area contributed by atoms with Gasteiger partial charge in [-0.25, -0.2) is 0 Å². The van der Waals surface area contributed by atoms with Gasteiger partial charge in [-0.2, -0.15) is 0 Å². The maximum Gasteiger partial charge on any atom is 0.306 e. The first kappa shape index (κ1) is 76.7. The van der Waals surface area contributed by atoms with Crippen LogP contribution in [0.25, 0.3) is 0 Å². The van der Waals surface area contributed by atoms with E-state index < -0.39 is 26.6 Å². The van der Waals surface area contributed by atoms with E-state index in [1.807, 2.05) is 33.3 Å². The highest BCUT2D eigenvalue weighted by molar-refractivity contribution is 7.45. The lowest BCUT2D eigenvalue weighted by atomic mass is 10.0. The van der Waals surface area contributed by atoms with Crippen molar-refractivity contribution < 1.29 is 37.3 Å². The summed E-state index contributed by atoms with van der Waals surface area (Å²) in [6.07, 6.45) is 74.8. The number of nitrogens with one attached hydrogen (secondary N) is 1. The first-order valence-electron chi connectivity index (χ1n) is 33.6. The molecule has 0 aromatic rings. The SMILES string of the molecule is CCCCC/C=C\C/C=C\C/C=C\C/C=C\CCCCCC(=O)OC(/C=C/CCCCCCCCCCCCC)C(COP(=O)([O-])OCC[N+](C)(C)C)NC(=O)CCCCCCCCCCCCCCCCCCCCCCC. The Hall–Kier alpha value is -2.29. The summed E-state index contributed by atoms with van der Waals surface area (Å²) in [5.41, 5.74) is 0. The van der Waals surface area contributed by atoms with E-state index in [1.165, 1.54) is 199 Å². The van der Waals surface area contributed by atoms with Crippen LogP contribution in [0.1, 0.15) is 316 Å². The summed E-state index contributed by atoms with van der Waals surface area (Å²) in [6.45, 7) is 6.83. The van der Waals surface area contributed by atoms with Gasteiger partial charge in [0, 0.05) is 12.8 Å². The second-order valence-corrected chi connectivity index (χ2v) is 25.4. The highest BCUT2D eigenvalue weighted by atomic mass is 31.2. The molecule has 3 atom stereocenters. The van der Waals surface area contributed by atoms with Gasteiger partial charge in [0.2, 0.25) is 5.91 Å². The third kappa shape index (κ3) is 60.1.